The number of carbonyl (C=O) groups is 1. The number of rotatable bonds is 5. The molecule has 0 aromatic heterocycles. The third-order valence-corrected chi connectivity index (χ3v) is 4.72. The Bertz CT molecular complexity index is 837. The summed E-state index contributed by atoms with van der Waals surface area (Å²) in [5.74, 6) is -1.07. The first-order chi connectivity index (χ1) is 11.2. The molecular weight excluding hydrogens is 378 g/mol. The zero-order valence-corrected chi connectivity index (χ0v) is 14.8. The number of anilines is 2. The van der Waals surface area contributed by atoms with Crippen molar-refractivity contribution >= 4 is 50.5 Å². The molecular formula is C15H13Cl2FN2O3S. The van der Waals surface area contributed by atoms with Crippen LogP contribution in [-0.4, -0.2) is 27.1 Å². The number of benzene rings is 2. The van der Waals surface area contributed by atoms with E-state index in [-0.39, 0.29) is 15.7 Å². The lowest BCUT2D eigenvalue weighted by Gasteiger charge is -2.23. The van der Waals surface area contributed by atoms with Crippen molar-refractivity contribution in [3.8, 4) is 0 Å². The van der Waals surface area contributed by atoms with Crippen molar-refractivity contribution in [2.75, 3.05) is 22.4 Å². The van der Waals surface area contributed by atoms with E-state index < -0.39 is 28.3 Å². The number of nitrogens with zero attached hydrogens (tertiary/aromatic N) is 1. The van der Waals surface area contributed by atoms with Crippen LogP contribution in [0.25, 0.3) is 0 Å². The lowest BCUT2D eigenvalue weighted by atomic mass is 10.3. The molecule has 0 saturated carbocycles. The highest BCUT2D eigenvalue weighted by molar-refractivity contribution is 7.92. The Morgan fingerprint density at radius 1 is 1.12 bits per heavy atom. The monoisotopic (exact) mass is 390 g/mol. The van der Waals surface area contributed by atoms with Gasteiger partial charge in [0, 0.05) is 5.69 Å². The van der Waals surface area contributed by atoms with Crippen molar-refractivity contribution < 1.29 is 17.6 Å². The van der Waals surface area contributed by atoms with E-state index in [0.29, 0.717) is 5.69 Å². The van der Waals surface area contributed by atoms with Crippen molar-refractivity contribution in [1.82, 2.24) is 0 Å². The summed E-state index contributed by atoms with van der Waals surface area (Å²) < 4.78 is 37.8. The number of hydrogen-bond donors (Lipinski definition) is 1. The number of amides is 1. The Morgan fingerprint density at radius 3 is 2.17 bits per heavy atom. The minimum Gasteiger partial charge on any atom is -0.325 e. The van der Waals surface area contributed by atoms with Crippen molar-refractivity contribution in [3.05, 3.63) is 58.3 Å². The largest absolute Gasteiger partial charge is 0.325 e. The fraction of sp³-hybridized carbons (Fsp3) is 0.133. The molecule has 0 saturated heterocycles. The first-order valence-corrected chi connectivity index (χ1v) is 9.26. The van der Waals surface area contributed by atoms with Crippen LogP contribution < -0.4 is 9.62 Å². The molecule has 0 heterocycles. The van der Waals surface area contributed by atoms with Gasteiger partial charge in [0.05, 0.1) is 22.0 Å². The molecule has 0 fully saturated rings. The Hall–Kier alpha value is -1.83. The van der Waals surface area contributed by atoms with E-state index in [1.165, 1.54) is 36.4 Å². The van der Waals surface area contributed by atoms with Crippen molar-refractivity contribution in [3.63, 3.8) is 0 Å². The summed E-state index contributed by atoms with van der Waals surface area (Å²) in [7, 11) is -3.81. The van der Waals surface area contributed by atoms with E-state index in [1.807, 2.05) is 0 Å². The van der Waals surface area contributed by atoms with Gasteiger partial charge in [-0.3, -0.25) is 9.10 Å². The van der Waals surface area contributed by atoms with Gasteiger partial charge in [0.25, 0.3) is 0 Å². The van der Waals surface area contributed by atoms with E-state index >= 15 is 0 Å². The quantitative estimate of drug-likeness (QED) is 0.848. The molecule has 2 rings (SSSR count). The van der Waals surface area contributed by atoms with E-state index in [9.17, 15) is 17.6 Å². The average Bonchev–Trinajstić information content (AvgIpc) is 2.47. The number of para-hydroxylation sites is 1. The average molecular weight is 391 g/mol. The van der Waals surface area contributed by atoms with Crippen LogP contribution >= 0.6 is 23.2 Å². The maximum absolute atomic E-state index is 12.9. The third-order valence-electron chi connectivity index (χ3n) is 3.00. The van der Waals surface area contributed by atoms with Gasteiger partial charge in [0.1, 0.15) is 12.4 Å². The molecule has 2 aromatic carbocycles. The molecule has 9 heteroatoms. The Balaban J connectivity index is 2.27. The minimum atomic E-state index is -3.81. The molecule has 1 amide bonds. The van der Waals surface area contributed by atoms with Crippen molar-refractivity contribution in [2.24, 2.45) is 0 Å². The molecule has 128 valence electrons. The number of halogens is 3. The van der Waals surface area contributed by atoms with Gasteiger partial charge >= 0.3 is 0 Å². The van der Waals surface area contributed by atoms with Gasteiger partial charge in [-0.1, -0.05) is 29.3 Å². The summed E-state index contributed by atoms with van der Waals surface area (Å²) in [5.41, 5.74) is 0.359. The zero-order chi connectivity index (χ0) is 17.9. The maximum atomic E-state index is 12.9. The highest BCUT2D eigenvalue weighted by Crippen LogP contribution is 2.34. The van der Waals surface area contributed by atoms with E-state index in [2.05, 4.69) is 5.32 Å². The van der Waals surface area contributed by atoms with Crippen LogP contribution in [0, 0.1) is 5.82 Å². The second-order valence-electron chi connectivity index (χ2n) is 4.89. The fourth-order valence-corrected chi connectivity index (χ4v) is 3.54. The predicted octanol–water partition coefficient (Wildman–Crippen LogP) is 3.54. The molecule has 0 aliphatic rings. The summed E-state index contributed by atoms with van der Waals surface area (Å²) in [4.78, 5) is 12.2. The number of sulfonamides is 1. The Labute approximate surface area is 149 Å². The summed E-state index contributed by atoms with van der Waals surface area (Å²) >= 11 is 12.1. The molecule has 5 nitrogen and oxygen atoms in total. The topological polar surface area (TPSA) is 66.5 Å². The van der Waals surface area contributed by atoms with Crippen LogP contribution in [-0.2, 0) is 14.8 Å². The number of carbonyl (C=O) groups excluding carboxylic acids is 1. The van der Waals surface area contributed by atoms with Gasteiger partial charge in [-0.25, -0.2) is 12.8 Å². The number of nitrogens with one attached hydrogen (secondary N) is 1. The normalized spacial score (nSPS) is 11.2. The highest BCUT2D eigenvalue weighted by Gasteiger charge is 2.25. The Morgan fingerprint density at radius 2 is 1.67 bits per heavy atom. The smallest absolute Gasteiger partial charge is 0.245 e. The molecule has 0 aliphatic heterocycles. The van der Waals surface area contributed by atoms with Crippen molar-refractivity contribution in [1.29, 1.82) is 0 Å². The highest BCUT2D eigenvalue weighted by atomic mass is 35.5. The van der Waals surface area contributed by atoms with E-state index in [4.69, 9.17) is 23.2 Å². The standard InChI is InChI=1S/C15H13Cl2FN2O3S/c1-24(22,23)20(15-12(16)3-2-4-13(15)17)9-14(21)19-11-7-5-10(18)6-8-11/h2-8H,9H2,1H3,(H,19,21). The third kappa shape index (κ3) is 4.59. The summed E-state index contributed by atoms with van der Waals surface area (Å²) in [6, 6.07) is 9.58. The van der Waals surface area contributed by atoms with Crippen LogP contribution in [0.2, 0.25) is 10.0 Å². The van der Waals surface area contributed by atoms with Gasteiger partial charge in [0.15, 0.2) is 0 Å². The SMILES string of the molecule is CS(=O)(=O)N(CC(=O)Nc1ccc(F)cc1)c1c(Cl)cccc1Cl. The van der Waals surface area contributed by atoms with Gasteiger partial charge in [-0.15, -0.1) is 0 Å². The first-order valence-electron chi connectivity index (χ1n) is 6.65. The summed E-state index contributed by atoms with van der Waals surface area (Å²) in [6.07, 6.45) is 0.942. The van der Waals surface area contributed by atoms with Gasteiger partial charge in [-0.05, 0) is 36.4 Å². The molecule has 0 radical (unpaired) electrons. The van der Waals surface area contributed by atoms with Gasteiger partial charge in [0.2, 0.25) is 15.9 Å². The molecule has 0 atom stereocenters. The van der Waals surface area contributed by atoms with Gasteiger partial charge in [-0.2, -0.15) is 0 Å². The summed E-state index contributed by atoms with van der Waals surface area (Å²) in [6.45, 7) is -0.528. The second kappa shape index (κ2) is 7.38. The van der Waals surface area contributed by atoms with E-state index in [0.717, 1.165) is 10.6 Å². The first kappa shape index (κ1) is 18.5. The molecule has 0 bridgehead atoms. The number of hydrogen-bond acceptors (Lipinski definition) is 3. The van der Waals surface area contributed by atoms with Crippen LogP contribution in [0.5, 0.6) is 0 Å². The summed E-state index contributed by atoms with van der Waals surface area (Å²) in [5, 5.41) is 2.68. The van der Waals surface area contributed by atoms with Gasteiger partial charge < -0.3 is 5.32 Å². The molecule has 0 unspecified atom stereocenters. The lowest BCUT2D eigenvalue weighted by molar-refractivity contribution is -0.114. The predicted molar refractivity (Wildman–Crippen MR) is 93.7 cm³/mol. The Kier molecular flexibility index (Phi) is 5.69. The molecule has 0 aliphatic carbocycles. The van der Waals surface area contributed by atoms with Crippen LogP contribution in [0.3, 0.4) is 0 Å². The van der Waals surface area contributed by atoms with Crippen LogP contribution in [0.4, 0.5) is 15.8 Å². The zero-order valence-electron chi connectivity index (χ0n) is 12.5. The fourth-order valence-electron chi connectivity index (χ4n) is 1.95. The second-order valence-corrected chi connectivity index (χ2v) is 7.62. The van der Waals surface area contributed by atoms with E-state index in [1.54, 1.807) is 6.07 Å². The molecule has 2 aromatic rings. The maximum Gasteiger partial charge on any atom is 0.245 e. The molecule has 24 heavy (non-hydrogen) atoms. The molecule has 1 N–H and O–H groups in total. The van der Waals surface area contributed by atoms with Crippen LogP contribution in [0.1, 0.15) is 0 Å². The molecule has 0 spiro atoms. The van der Waals surface area contributed by atoms with Crippen LogP contribution in [0.15, 0.2) is 42.5 Å². The van der Waals surface area contributed by atoms with Crippen molar-refractivity contribution in [2.45, 2.75) is 0 Å². The minimum absolute atomic E-state index is 0.0255. The lowest BCUT2D eigenvalue weighted by Crippen LogP contribution is -2.37.